The number of hydrogen-bond acceptors (Lipinski definition) is 5. The number of benzene rings is 2. The van der Waals surface area contributed by atoms with E-state index in [0.717, 1.165) is 16.1 Å². The molecule has 0 bridgehead atoms. The molecule has 0 radical (unpaired) electrons. The molecule has 2 aromatic carbocycles. The van der Waals surface area contributed by atoms with Gasteiger partial charge >= 0.3 is 0 Å². The maximum atomic E-state index is 12.5. The zero-order valence-electron chi connectivity index (χ0n) is 16.1. The fourth-order valence-corrected chi connectivity index (χ4v) is 3.83. The Kier molecular flexibility index (Phi) is 7.15. The molecule has 1 atom stereocenters. The van der Waals surface area contributed by atoms with E-state index >= 15 is 0 Å². The molecule has 9 heteroatoms. The summed E-state index contributed by atoms with van der Waals surface area (Å²) in [7, 11) is -0.706. The summed E-state index contributed by atoms with van der Waals surface area (Å²) in [5.74, 6) is 0.584. The highest BCUT2D eigenvalue weighted by Crippen LogP contribution is 2.30. The topological polar surface area (TPSA) is 84.9 Å². The van der Waals surface area contributed by atoms with E-state index in [0.29, 0.717) is 11.5 Å². The number of halogens is 1. The van der Waals surface area contributed by atoms with Gasteiger partial charge in [-0.2, -0.15) is 0 Å². The van der Waals surface area contributed by atoms with E-state index in [1.54, 1.807) is 26.2 Å². The minimum absolute atomic E-state index is 0.247. The molecule has 2 aromatic rings. The molecule has 0 unspecified atom stereocenters. The second kappa shape index (κ2) is 9.16. The Hall–Kier alpha value is -2.45. The van der Waals surface area contributed by atoms with Gasteiger partial charge < -0.3 is 14.8 Å². The molecule has 0 aliphatic heterocycles. The van der Waals surface area contributed by atoms with Crippen molar-refractivity contribution in [2.75, 3.05) is 31.3 Å². The number of methoxy groups -OCH3 is 2. The molecule has 0 saturated carbocycles. The molecule has 1 N–H and O–H groups in total. The molecule has 0 aliphatic carbocycles. The Morgan fingerprint density at radius 3 is 2.36 bits per heavy atom. The third-order valence-electron chi connectivity index (χ3n) is 4.09. The molecular weight excluding hydrogens is 404 g/mol. The Bertz CT molecular complexity index is 949. The zero-order valence-corrected chi connectivity index (χ0v) is 17.7. The number of para-hydroxylation sites is 1. The molecule has 152 valence electrons. The van der Waals surface area contributed by atoms with Gasteiger partial charge in [0.15, 0.2) is 0 Å². The van der Waals surface area contributed by atoms with Crippen molar-refractivity contribution in [1.29, 1.82) is 0 Å². The average molecular weight is 427 g/mol. The standard InChI is InChI=1S/C19H23ClN2O5S/c1-13(15-7-5-6-8-17(15)26-2)21-19(23)12-22(28(4,24)25)14-9-10-18(27-3)16(20)11-14/h5-11,13H,12H2,1-4H3,(H,21,23)/t13-/m0/s1. The third-order valence-corrected chi connectivity index (χ3v) is 5.53. The normalized spacial score (nSPS) is 12.2. The molecule has 0 saturated heterocycles. The van der Waals surface area contributed by atoms with Gasteiger partial charge in [0.1, 0.15) is 18.0 Å². The number of carbonyl (C=O) groups excluding carboxylic acids is 1. The van der Waals surface area contributed by atoms with Gasteiger partial charge in [0.2, 0.25) is 15.9 Å². The molecule has 0 fully saturated rings. The van der Waals surface area contributed by atoms with Crippen molar-refractivity contribution in [3.63, 3.8) is 0 Å². The number of rotatable bonds is 8. The van der Waals surface area contributed by atoms with Crippen molar-refractivity contribution in [2.45, 2.75) is 13.0 Å². The molecule has 7 nitrogen and oxygen atoms in total. The first-order chi connectivity index (χ1) is 13.2. The fraction of sp³-hybridized carbons (Fsp3) is 0.316. The summed E-state index contributed by atoms with van der Waals surface area (Å²) in [6, 6.07) is 11.4. The summed E-state index contributed by atoms with van der Waals surface area (Å²) in [5, 5.41) is 3.04. The first-order valence-corrected chi connectivity index (χ1v) is 10.6. The summed E-state index contributed by atoms with van der Waals surface area (Å²) in [5.41, 5.74) is 1.06. The molecule has 2 rings (SSSR count). The molecule has 1 amide bonds. The van der Waals surface area contributed by atoms with E-state index in [1.165, 1.54) is 19.2 Å². The van der Waals surface area contributed by atoms with Gasteiger partial charge in [0.25, 0.3) is 0 Å². The van der Waals surface area contributed by atoms with Crippen molar-refractivity contribution < 1.29 is 22.7 Å². The van der Waals surface area contributed by atoms with Crippen LogP contribution in [0.4, 0.5) is 5.69 Å². The van der Waals surface area contributed by atoms with E-state index in [2.05, 4.69) is 5.32 Å². The van der Waals surface area contributed by atoms with E-state index in [-0.39, 0.29) is 23.3 Å². The number of sulfonamides is 1. The van der Waals surface area contributed by atoms with E-state index in [1.807, 2.05) is 18.2 Å². The number of carbonyl (C=O) groups is 1. The monoisotopic (exact) mass is 426 g/mol. The Balaban J connectivity index is 2.21. The van der Waals surface area contributed by atoms with Crippen molar-refractivity contribution in [3.05, 3.63) is 53.1 Å². The van der Waals surface area contributed by atoms with Crippen LogP contribution in [0.2, 0.25) is 5.02 Å². The lowest BCUT2D eigenvalue weighted by atomic mass is 10.1. The first-order valence-electron chi connectivity index (χ1n) is 8.41. The van der Waals surface area contributed by atoms with Crippen molar-refractivity contribution in [2.24, 2.45) is 0 Å². The van der Waals surface area contributed by atoms with Crippen LogP contribution in [0.15, 0.2) is 42.5 Å². The number of anilines is 1. The third kappa shape index (κ3) is 5.30. The second-order valence-corrected chi connectivity index (χ2v) is 8.43. The minimum atomic E-state index is -3.71. The summed E-state index contributed by atoms with van der Waals surface area (Å²) in [6.07, 6.45) is 1.03. The zero-order chi connectivity index (χ0) is 20.9. The molecule has 0 spiro atoms. The van der Waals surface area contributed by atoms with Crippen molar-refractivity contribution in [1.82, 2.24) is 5.32 Å². The van der Waals surface area contributed by atoms with E-state index in [4.69, 9.17) is 21.1 Å². The van der Waals surface area contributed by atoms with Crippen LogP contribution in [-0.2, 0) is 14.8 Å². The SMILES string of the molecule is COc1ccc(N(CC(=O)N[C@@H](C)c2ccccc2OC)S(C)(=O)=O)cc1Cl. The van der Waals surface area contributed by atoms with Crippen molar-refractivity contribution in [3.8, 4) is 11.5 Å². The quantitative estimate of drug-likeness (QED) is 0.701. The lowest BCUT2D eigenvalue weighted by Gasteiger charge is -2.24. The van der Waals surface area contributed by atoms with Gasteiger partial charge in [-0.15, -0.1) is 0 Å². The maximum absolute atomic E-state index is 12.5. The van der Waals surface area contributed by atoms with Gasteiger partial charge in [0.05, 0.1) is 37.2 Å². The Morgan fingerprint density at radius 2 is 1.79 bits per heavy atom. The molecule has 0 aliphatic rings. The van der Waals surface area contributed by atoms with E-state index < -0.39 is 15.9 Å². The molecule has 0 aromatic heterocycles. The summed E-state index contributed by atoms with van der Waals surface area (Å²) in [4.78, 5) is 12.5. The number of ether oxygens (including phenoxy) is 2. The first kappa shape index (κ1) is 21.8. The van der Waals surface area contributed by atoms with Crippen LogP contribution in [0, 0.1) is 0 Å². The van der Waals surface area contributed by atoms with Gasteiger partial charge in [-0.05, 0) is 31.2 Å². The number of hydrogen-bond donors (Lipinski definition) is 1. The summed E-state index contributed by atoms with van der Waals surface area (Å²) < 4.78 is 35.9. The van der Waals surface area contributed by atoms with E-state index in [9.17, 15) is 13.2 Å². The van der Waals surface area contributed by atoms with Crippen molar-refractivity contribution >= 4 is 33.2 Å². The Morgan fingerprint density at radius 1 is 1.14 bits per heavy atom. The second-order valence-electron chi connectivity index (χ2n) is 6.12. The minimum Gasteiger partial charge on any atom is -0.496 e. The van der Waals surface area contributed by atoms with Crippen LogP contribution in [0.5, 0.6) is 11.5 Å². The molecular formula is C19H23ClN2O5S. The maximum Gasteiger partial charge on any atom is 0.241 e. The summed E-state index contributed by atoms with van der Waals surface area (Å²) >= 11 is 6.10. The molecule has 0 heterocycles. The van der Waals surface area contributed by atoms with Gasteiger partial charge in [-0.1, -0.05) is 29.8 Å². The molecule has 28 heavy (non-hydrogen) atoms. The summed E-state index contributed by atoms with van der Waals surface area (Å²) in [6.45, 7) is 1.41. The lowest BCUT2D eigenvalue weighted by Crippen LogP contribution is -2.41. The van der Waals surface area contributed by atoms with Crippen LogP contribution in [0.1, 0.15) is 18.5 Å². The largest absolute Gasteiger partial charge is 0.496 e. The fourth-order valence-electron chi connectivity index (χ4n) is 2.73. The smallest absolute Gasteiger partial charge is 0.241 e. The number of amides is 1. The Labute approximate surface area is 170 Å². The van der Waals surface area contributed by atoms with Gasteiger partial charge in [-0.25, -0.2) is 8.42 Å². The number of nitrogens with zero attached hydrogens (tertiary/aromatic N) is 1. The average Bonchev–Trinajstić information content (AvgIpc) is 2.65. The van der Waals surface area contributed by atoms with Gasteiger partial charge in [-0.3, -0.25) is 9.10 Å². The van der Waals surface area contributed by atoms with Crippen LogP contribution >= 0.6 is 11.6 Å². The lowest BCUT2D eigenvalue weighted by molar-refractivity contribution is -0.120. The highest BCUT2D eigenvalue weighted by atomic mass is 35.5. The van der Waals surface area contributed by atoms with Crippen LogP contribution in [-0.4, -0.2) is 41.3 Å². The number of nitrogens with one attached hydrogen (secondary N) is 1. The predicted octanol–water partition coefficient (Wildman–Crippen LogP) is 3.00. The van der Waals surface area contributed by atoms with Crippen LogP contribution in [0.3, 0.4) is 0 Å². The van der Waals surface area contributed by atoms with Gasteiger partial charge in [0, 0.05) is 5.56 Å². The van der Waals surface area contributed by atoms with Crippen LogP contribution < -0.4 is 19.1 Å². The highest BCUT2D eigenvalue weighted by Gasteiger charge is 2.23. The highest BCUT2D eigenvalue weighted by molar-refractivity contribution is 7.92. The predicted molar refractivity (Wildman–Crippen MR) is 110 cm³/mol. The van der Waals surface area contributed by atoms with Crippen LogP contribution in [0.25, 0.3) is 0 Å².